The molecule has 0 fully saturated rings. The normalized spacial score (nSPS) is 9.14. The van der Waals surface area contributed by atoms with Crippen LogP contribution in [0.5, 0.6) is 0 Å². The van der Waals surface area contributed by atoms with E-state index in [1.54, 1.807) is 12.1 Å². The molecule has 3 nitrogen and oxygen atoms in total. The summed E-state index contributed by atoms with van der Waals surface area (Å²) >= 11 is 0. The van der Waals surface area contributed by atoms with Gasteiger partial charge in [0.05, 0.1) is 5.56 Å². The number of carbonyl (C=O) groups excluding carboxylic acids is 1. The lowest BCUT2D eigenvalue weighted by Gasteiger charge is -2.05. The zero-order valence-corrected chi connectivity index (χ0v) is 7.91. The highest BCUT2D eigenvalue weighted by Crippen LogP contribution is 2.14. The number of nitrogen functional groups attached to an aromatic ring is 1. The van der Waals surface area contributed by atoms with Gasteiger partial charge in [0.1, 0.15) is 0 Å². The number of nitrogens with two attached hydrogens (primary N) is 1. The first-order chi connectivity index (χ1) is 6.65. The summed E-state index contributed by atoms with van der Waals surface area (Å²) in [7, 11) is 0. The van der Waals surface area contributed by atoms with Crippen LogP contribution in [0.15, 0.2) is 18.2 Å². The molecule has 1 aromatic carbocycles. The van der Waals surface area contributed by atoms with Crippen molar-refractivity contribution in [2.75, 3.05) is 12.3 Å². The molecule has 0 amide bonds. The predicted molar refractivity (Wildman–Crippen MR) is 54.7 cm³/mol. The van der Waals surface area contributed by atoms with E-state index in [1.165, 1.54) is 0 Å². The third-order valence-electron chi connectivity index (χ3n) is 1.72. The summed E-state index contributed by atoms with van der Waals surface area (Å²) in [4.78, 5) is 11.4. The first-order valence-corrected chi connectivity index (χ1v) is 4.12. The largest absolute Gasteiger partial charge is 0.449 e. The van der Waals surface area contributed by atoms with E-state index in [4.69, 9.17) is 16.9 Å². The maximum absolute atomic E-state index is 11.4. The number of anilines is 1. The van der Waals surface area contributed by atoms with Gasteiger partial charge < -0.3 is 10.5 Å². The van der Waals surface area contributed by atoms with Crippen molar-refractivity contribution < 1.29 is 9.53 Å². The van der Waals surface area contributed by atoms with Gasteiger partial charge >= 0.3 is 5.97 Å². The van der Waals surface area contributed by atoms with Crippen molar-refractivity contribution in [3.8, 4) is 12.3 Å². The molecule has 72 valence electrons. The zero-order valence-electron chi connectivity index (χ0n) is 7.91. The van der Waals surface area contributed by atoms with Crippen LogP contribution in [0.4, 0.5) is 5.69 Å². The molecule has 2 N–H and O–H groups in total. The molecule has 1 rings (SSSR count). The lowest BCUT2D eigenvalue weighted by atomic mass is 10.1. The Bertz CT molecular complexity index is 391. The Kier molecular flexibility index (Phi) is 3.14. The number of esters is 1. The molecule has 0 bridgehead atoms. The molecule has 14 heavy (non-hydrogen) atoms. The molecule has 0 saturated heterocycles. The molecule has 0 aliphatic rings. The van der Waals surface area contributed by atoms with Gasteiger partial charge in [-0.25, -0.2) is 4.79 Å². The second kappa shape index (κ2) is 4.33. The average Bonchev–Trinajstić information content (AvgIpc) is 2.18. The standard InChI is InChI=1S/C11H11NO2/c1-3-6-14-11(13)9-7-8(2)4-5-10(9)12/h1,4-5,7H,6,12H2,2H3. The molecule has 1 aromatic rings. The second-order valence-electron chi connectivity index (χ2n) is 2.87. The van der Waals surface area contributed by atoms with E-state index in [1.807, 2.05) is 13.0 Å². The Labute approximate surface area is 82.9 Å². The first-order valence-electron chi connectivity index (χ1n) is 4.12. The SMILES string of the molecule is C#CCOC(=O)c1cc(C)ccc1N. The van der Waals surface area contributed by atoms with Gasteiger partial charge in [-0.15, -0.1) is 6.42 Å². The molecular formula is C11H11NO2. The minimum absolute atomic E-state index is 0.0355. The molecule has 0 heterocycles. The van der Waals surface area contributed by atoms with Crippen molar-refractivity contribution in [3.63, 3.8) is 0 Å². The van der Waals surface area contributed by atoms with Crippen LogP contribution in [0.2, 0.25) is 0 Å². The minimum Gasteiger partial charge on any atom is -0.449 e. The van der Waals surface area contributed by atoms with Crippen LogP contribution in [-0.2, 0) is 4.74 Å². The predicted octanol–water partition coefficient (Wildman–Crippen LogP) is 1.37. The summed E-state index contributed by atoms with van der Waals surface area (Å²) in [5, 5.41) is 0. The molecule has 0 aliphatic carbocycles. The fourth-order valence-electron chi connectivity index (χ4n) is 1.03. The fourth-order valence-corrected chi connectivity index (χ4v) is 1.03. The highest BCUT2D eigenvalue weighted by molar-refractivity contribution is 5.95. The monoisotopic (exact) mass is 189 g/mol. The van der Waals surface area contributed by atoms with Gasteiger partial charge in [-0.1, -0.05) is 17.6 Å². The van der Waals surface area contributed by atoms with E-state index < -0.39 is 5.97 Å². The smallest absolute Gasteiger partial charge is 0.341 e. The molecular weight excluding hydrogens is 178 g/mol. The van der Waals surface area contributed by atoms with Crippen LogP contribution in [0.3, 0.4) is 0 Å². The molecule has 0 unspecified atom stereocenters. The summed E-state index contributed by atoms with van der Waals surface area (Å²) in [5.41, 5.74) is 7.32. The molecule has 0 aromatic heterocycles. The summed E-state index contributed by atoms with van der Waals surface area (Å²) < 4.78 is 4.76. The quantitative estimate of drug-likeness (QED) is 0.434. The molecule has 0 radical (unpaired) electrons. The van der Waals surface area contributed by atoms with Crippen molar-refractivity contribution in [2.45, 2.75) is 6.92 Å². The Morgan fingerprint density at radius 1 is 1.64 bits per heavy atom. The average molecular weight is 189 g/mol. The number of hydrogen-bond donors (Lipinski definition) is 1. The van der Waals surface area contributed by atoms with Crippen LogP contribution < -0.4 is 5.73 Å². The van der Waals surface area contributed by atoms with Crippen molar-refractivity contribution in [3.05, 3.63) is 29.3 Å². The lowest BCUT2D eigenvalue weighted by Crippen LogP contribution is -2.08. The van der Waals surface area contributed by atoms with E-state index in [2.05, 4.69) is 5.92 Å². The van der Waals surface area contributed by atoms with E-state index >= 15 is 0 Å². The van der Waals surface area contributed by atoms with Crippen LogP contribution in [-0.4, -0.2) is 12.6 Å². The van der Waals surface area contributed by atoms with Crippen LogP contribution in [0.1, 0.15) is 15.9 Å². The maximum atomic E-state index is 11.4. The number of terminal acetylenes is 1. The van der Waals surface area contributed by atoms with E-state index in [9.17, 15) is 4.79 Å². The zero-order chi connectivity index (χ0) is 10.6. The number of benzene rings is 1. The van der Waals surface area contributed by atoms with Gasteiger partial charge in [0.2, 0.25) is 0 Å². The van der Waals surface area contributed by atoms with E-state index in [0.717, 1.165) is 5.56 Å². The highest BCUT2D eigenvalue weighted by Gasteiger charge is 2.10. The van der Waals surface area contributed by atoms with Crippen molar-refractivity contribution in [1.29, 1.82) is 0 Å². The Morgan fingerprint density at radius 3 is 3.00 bits per heavy atom. The topological polar surface area (TPSA) is 52.3 Å². The van der Waals surface area contributed by atoms with Crippen LogP contribution in [0.25, 0.3) is 0 Å². The number of hydrogen-bond acceptors (Lipinski definition) is 3. The van der Waals surface area contributed by atoms with Gasteiger partial charge in [-0.05, 0) is 19.1 Å². The highest BCUT2D eigenvalue weighted by atomic mass is 16.5. The minimum atomic E-state index is -0.482. The number of carbonyl (C=O) groups is 1. The Hall–Kier alpha value is -1.95. The van der Waals surface area contributed by atoms with Crippen molar-refractivity contribution in [2.24, 2.45) is 0 Å². The second-order valence-corrected chi connectivity index (χ2v) is 2.87. The Morgan fingerprint density at radius 2 is 2.36 bits per heavy atom. The lowest BCUT2D eigenvalue weighted by molar-refractivity contribution is 0.0558. The molecule has 0 aliphatic heterocycles. The number of aryl methyl sites for hydroxylation is 1. The summed E-state index contributed by atoms with van der Waals surface area (Å²) in [6.07, 6.45) is 4.96. The van der Waals surface area contributed by atoms with Gasteiger partial charge in [-0.2, -0.15) is 0 Å². The maximum Gasteiger partial charge on any atom is 0.341 e. The van der Waals surface area contributed by atoms with E-state index in [-0.39, 0.29) is 6.61 Å². The molecule has 0 saturated carbocycles. The van der Waals surface area contributed by atoms with Gasteiger partial charge in [-0.3, -0.25) is 0 Å². The first kappa shape index (κ1) is 10.1. The third kappa shape index (κ3) is 2.27. The number of rotatable bonds is 2. The summed E-state index contributed by atoms with van der Waals surface area (Å²) in [6, 6.07) is 5.17. The van der Waals surface area contributed by atoms with Gasteiger partial charge in [0.15, 0.2) is 6.61 Å². The summed E-state index contributed by atoms with van der Waals surface area (Å²) in [6.45, 7) is 1.84. The van der Waals surface area contributed by atoms with Crippen molar-refractivity contribution in [1.82, 2.24) is 0 Å². The molecule has 0 spiro atoms. The molecule has 0 atom stereocenters. The summed E-state index contributed by atoms with van der Waals surface area (Å²) in [5.74, 6) is 1.74. The van der Waals surface area contributed by atoms with Gasteiger partial charge in [0, 0.05) is 5.69 Å². The van der Waals surface area contributed by atoms with Gasteiger partial charge in [0.25, 0.3) is 0 Å². The van der Waals surface area contributed by atoms with E-state index in [0.29, 0.717) is 11.3 Å². The Balaban J connectivity index is 2.90. The fraction of sp³-hybridized carbons (Fsp3) is 0.182. The van der Waals surface area contributed by atoms with Crippen LogP contribution >= 0.6 is 0 Å². The molecule has 3 heteroatoms. The number of ether oxygens (including phenoxy) is 1. The van der Waals surface area contributed by atoms with Crippen molar-refractivity contribution >= 4 is 11.7 Å². The third-order valence-corrected chi connectivity index (χ3v) is 1.72. The van der Waals surface area contributed by atoms with Crippen LogP contribution in [0, 0.1) is 19.3 Å².